The molecule has 0 atom stereocenters. The third kappa shape index (κ3) is 4.51. The van der Waals surface area contributed by atoms with Crippen molar-refractivity contribution in [3.63, 3.8) is 0 Å². The van der Waals surface area contributed by atoms with Crippen molar-refractivity contribution in [2.75, 3.05) is 7.11 Å². The predicted octanol–water partition coefficient (Wildman–Crippen LogP) is 4.05. The fourth-order valence-corrected chi connectivity index (χ4v) is 3.08. The predicted molar refractivity (Wildman–Crippen MR) is 92.6 cm³/mol. The van der Waals surface area contributed by atoms with E-state index in [4.69, 9.17) is 9.15 Å². The largest absolute Gasteiger partial charge is 0.497 e. The SMILES string of the molecule is COc1ccc(-c2nc(CSc3nc(C(F)(F)F)cc(=O)[nH]3)c(C)o2)cc1. The fourth-order valence-electron chi connectivity index (χ4n) is 2.20. The maximum Gasteiger partial charge on any atom is 0.433 e. The Balaban J connectivity index is 1.78. The summed E-state index contributed by atoms with van der Waals surface area (Å²) >= 11 is 0.938. The van der Waals surface area contributed by atoms with E-state index in [1.807, 2.05) is 0 Å². The van der Waals surface area contributed by atoms with Gasteiger partial charge in [-0.1, -0.05) is 11.8 Å². The minimum atomic E-state index is -4.69. The number of ether oxygens (including phenoxy) is 1. The lowest BCUT2D eigenvalue weighted by molar-refractivity contribution is -0.141. The van der Waals surface area contributed by atoms with E-state index in [0.29, 0.717) is 29.2 Å². The van der Waals surface area contributed by atoms with Gasteiger partial charge in [0.15, 0.2) is 10.9 Å². The molecule has 6 nitrogen and oxygen atoms in total. The Labute approximate surface area is 155 Å². The summed E-state index contributed by atoms with van der Waals surface area (Å²) in [5.74, 6) is 1.80. The molecule has 0 aliphatic heterocycles. The van der Waals surface area contributed by atoms with Crippen LogP contribution in [0.4, 0.5) is 13.2 Å². The molecule has 10 heteroatoms. The molecule has 0 saturated heterocycles. The molecular formula is C17H14F3N3O3S. The molecule has 0 spiro atoms. The average Bonchev–Trinajstić information content (AvgIpc) is 2.99. The molecule has 0 aliphatic rings. The zero-order valence-corrected chi connectivity index (χ0v) is 15.1. The summed E-state index contributed by atoms with van der Waals surface area (Å²) in [6.45, 7) is 1.71. The number of thioether (sulfide) groups is 1. The van der Waals surface area contributed by atoms with E-state index in [0.717, 1.165) is 17.3 Å². The van der Waals surface area contributed by atoms with Gasteiger partial charge in [-0.2, -0.15) is 13.2 Å². The van der Waals surface area contributed by atoms with Gasteiger partial charge in [0.2, 0.25) is 5.89 Å². The van der Waals surface area contributed by atoms with Gasteiger partial charge in [0, 0.05) is 17.4 Å². The highest BCUT2D eigenvalue weighted by Gasteiger charge is 2.33. The highest BCUT2D eigenvalue weighted by atomic mass is 32.2. The van der Waals surface area contributed by atoms with Gasteiger partial charge in [0.05, 0.1) is 12.8 Å². The average molecular weight is 397 g/mol. The van der Waals surface area contributed by atoms with Gasteiger partial charge in [0.1, 0.15) is 11.5 Å². The number of rotatable bonds is 5. The van der Waals surface area contributed by atoms with Crippen LogP contribution in [0.25, 0.3) is 11.5 Å². The van der Waals surface area contributed by atoms with Crippen LogP contribution in [0.5, 0.6) is 5.75 Å². The number of nitrogens with one attached hydrogen (secondary N) is 1. The van der Waals surface area contributed by atoms with Gasteiger partial charge in [-0.25, -0.2) is 9.97 Å². The number of methoxy groups -OCH3 is 1. The van der Waals surface area contributed by atoms with Crippen molar-refractivity contribution < 1.29 is 22.3 Å². The van der Waals surface area contributed by atoms with Crippen molar-refractivity contribution in [2.45, 2.75) is 24.0 Å². The molecule has 142 valence electrons. The second kappa shape index (κ2) is 7.47. The number of oxazole rings is 1. The van der Waals surface area contributed by atoms with Crippen LogP contribution >= 0.6 is 11.8 Å². The van der Waals surface area contributed by atoms with E-state index < -0.39 is 17.4 Å². The molecule has 2 aromatic heterocycles. The molecule has 1 N–H and O–H groups in total. The maximum absolute atomic E-state index is 12.8. The molecular weight excluding hydrogens is 383 g/mol. The van der Waals surface area contributed by atoms with Gasteiger partial charge in [-0.15, -0.1) is 0 Å². The summed E-state index contributed by atoms with van der Waals surface area (Å²) in [4.78, 5) is 21.5. The van der Waals surface area contributed by atoms with Crippen LogP contribution in [0.2, 0.25) is 0 Å². The number of H-pyrrole nitrogens is 1. The van der Waals surface area contributed by atoms with Crippen LogP contribution in [0.1, 0.15) is 17.1 Å². The third-order valence-corrected chi connectivity index (χ3v) is 4.47. The number of hydrogen-bond acceptors (Lipinski definition) is 6. The van der Waals surface area contributed by atoms with Crippen LogP contribution in [-0.4, -0.2) is 22.1 Å². The smallest absolute Gasteiger partial charge is 0.433 e. The number of nitrogens with zero attached hydrogens (tertiary/aromatic N) is 2. The lowest BCUT2D eigenvalue weighted by atomic mass is 10.2. The topological polar surface area (TPSA) is 81.0 Å². The molecule has 3 rings (SSSR count). The number of aromatic amines is 1. The lowest BCUT2D eigenvalue weighted by Gasteiger charge is -2.06. The Morgan fingerprint density at radius 2 is 1.93 bits per heavy atom. The van der Waals surface area contributed by atoms with Crippen molar-refractivity contribution in [2.24, 2.45) is 0 Å². The van der Waals surface area contributed by atoms with Crippen molar-refractivity contribution in [3.8, 4) is 17.2 Å². The maximum atomic E-state index is 12.8. The van der Waals surface area contributed by atoms with E-state index in [-0.39, 0.29) is 10.9 Å². The number of aryl methyl sites for hydroxylation is 1. The van der Waals surface area contributed by atoms with Crippen molar-refractivity contribution >= 4 is 11.8 Å². The van der Waals surface area contributed by atoms with E-state index >= 15 is 0 Å². The Hall–Kier alpha value is -2.75. The molecule has 0 unspecified atom stereocenters. The molecule has 0 bridgehead atoms. The first-order valence-electron chi connectivity index (χ1n) is 7.68. The minimum absolute atomic E-state index is 0.136. The molecule has 1 aromatic carbocycles. The summed E-state index contributed by atoms with van der Waals surface area (Å²) < 4.78 is 49.0. The molecule has 0 aliphatic carbocycles. The molecule has 27 heavy (non-hydrogen) atoms. The molecule has 0 amide bonds. The van der Waals surface area contributed by atoms with E-state index in [9.17, 15) is 18.0 Å². The monoisotopic (exact) mass is 397 g/mol. The standard InChI is InChI=1S/C17H14F3N3O3S/c1-9-12(21-15(26-9)10-3-5-11(25-2)6-4-10)8-27-16-22-13(17(18,19)20)7-14(24)23-16/h3-7H,8H2,1-2H3,(H,22,23,24). The molecule has 3 aromatic rings. The first kappa shape index (κ1) is 19.0. The van der Waals surface area contributed by atoms with Gasteiger partial charge < -0.3 is 14.1 Å². The fraction of sp³-hybridized carbons (Fsp3) is 0.235. The summed E-state index contributed by atoms with van der Waals surface area (Å²) in [7, 11) is 1.56. The Kier molecular flexibility index (Phi) is 5.26. The highest BCUT2D eigenvalue weighted by Crippen LogP contribution is 2.30. The van der Waals surface area contributed by atoms with Gasteiger partial charge in [0.25, 0.3) is 5.56 Å². The van der Waals surface area contributed by atoms with E-state index in [1.54, 1.807) is 38.3 Å². The first-order chi connectivity index (χ1) is 12.8. The lowest BCUT2D eigenvalue weighted by Crippen LogP contribution is -2.16. The summed E-state index contributed by atoms with van der Waals surface area (Å²) in [5, 5.41) is -0.136. The Morgan fingerprint density at radius 3 is 2.56 bits per heavy atom. The number of alkyl halides is 3. The van der Waals surface area contributed by atoms with Gasteiger partial charge in [-0.3, -0.25) is 4.79 Å². The van der Waals surface area contributed by atoms with Crippen LogP contribution < -0.4 is 10.3 Å². The quantitative estimate of drug-likeness (QED) is 0.517. The summed E-state index contributed by atoms with van der Waals surface area (Å²) in [5.41, 5.74) is -0.813. The number of hydrogen-bond donors (Lipinski definition) is 1. The number of benzene rings is 1. The second-order valence-corrected chi connectivity index (χ2v) is 6.44. The first-order valence-corrected chi connectivity index (χ1v) is 8.67. The third-order valence-electron chi connectivity index (χ3n) is 3.59. The number of aromatic nitrogens is 3. The zero-order chi connectivity index (χ0) is 19.6. The summed E-state index contributed by atoms with van der Waals surface area (Å²) in [6.07, 6.45) is -4.69. The van der Waals surface area contributed by atoms with Crippen LogP contribution in [0, 0.1) is 6.92 Å². The van der Waals surface area contributed by atoms with Gasteiger partial charge >= 0.3 is 6.18 Å². The molecule has 0 radical (unpaired) electrons. The summed E-state index contributed by atoms with van der Waals surface area (Å²) in [6, 6.07) is 7.52. The van der Waals surface area contributed by atoms with Crippen LogP contribution in [0.15, 0.2) is 44.7 Å². The molecule has 2 heterocycles. The Morgan fingerprint density at radius 1 is 1.22 bits per heavy atom. The van der Waals surface area contributed by atoms with Crippen molar-refractivity contribution in [1.82, 2.24) is 15.0 Å². The van der Waals surface area contributed by atoms with Crippen LogP contribution in [-0.2, 0) is 11.9 Å². The van der Waals surface area contributed by atoms with Crippen molar-refractivity contribution in [1.29, 1.82) is 0 Å². The second-order valence-electron chi connectivity index (χ2n) is 5.47. The highest BCUT2D eigenvalue weighted by molar-refractivity contribution is 7.98. The molecule has 0 saturated carbocycles. The molecule has 0 fully saturated rings. The van der Waals surface area contributed by atoms with E-state index in [1.165, 1.54) is 0 Å². The van der Waals surface area contributed by atoms with Crippen molar-refractivity contribution in [3.05, 3.63) is 57.8 Å². The number of halogens is 3. The van der Waals surface area contributed by atoms with E-state index in [2.05, 4.69) is 15.0 Å². The van der Waals surface area contributed by atoms with Crippen LogP contribution in [0.3, 0.4) is 0 Å². The zero-order valence-electron chi connectivity index (χ0n) is 14.3. The minimum Gasteiger partial charge on any atom is -0.497 e. The Bertz CT molecular complexity index is 997. The normalized spacial score (nSPS) is 11.6. The van der Waals surface area contributed by atoms with Gasteiger partial charge in [-0.05, 0) is 31.2 Å².